The summed E-state index contributed by atoms with van der Waals surface area (Å²) in [5.74, 6) is -0.846. The Morgan fingerprint density at radius 3 is 2.83 bits per heavy atom. The van der Waals surface area contributed by atoms with Crippen molar-refractivity contribution in [3.8, 4) is 5.75 Å². The van der Waals surface area contributed by atoms with Crippen LogP contribution in [0.3, 0.4) is 0 Å². The molecule has 24 heavy (non-hydrogen) atoms. The van der Waals surface area contributed by atoms with Gasteiger partial charge in [0.25, 0.3) is 0 Å². The van der Waals surface area contributed by atoms with E-state index < -0.39 is 11.6 Å². The molecule has 1 aromatic rings. The molecule has 3 rings (SSSR count). The molecule has 132 valence electrons. The van der Waals surface area contributed by atoms with Gasteiger partial charge in [-0.2, -0.15) is 0 Å². The van der Waals surface area contributed by atoms with Gasteiger partial charge in [0.1, 0.15) is 12.4 Å². The third-order valence-corrected chi connectivity index (χ3v) is 4.69. The molecule has 0 spiro atoms. The first-order chi connectivity index (χ1) is 11.7. The van der Waals surface area contributed by atoms with Gasteiger partial charge in [-0.3, -0.25) is 4.90 Å². The van der Waals surface area contributed by atoms with Crippen molar-refractivity contribution in [1.82, 2.24) is 4.90 Å². The van der Waals surface area contributed by atoms with Crippen LogP contribution in [0, 0.1) is 11.6 Å². The Labute approximate surface area is 142 Å². The van der Waals surface area contributed by atoms with Crippen LogP contribution in [0.4, 0.5) is 8.78 Å². The van der Waals surface area contributed by atoms with E-state index in [4.69, 9.17) is 9.47 Å². The zero-order chi connectivity index (χ0) is 16.9. The van der Waals surface area contributed by atoms with E-state index in [1.54, 1.807) is 0 Å². The Morgan fingerprint density at radius 2 is 2.00 bits per heavy atom. The van der Waals surface area contributed by atoms with Gasteiger partial charge in [0.05, 0.1) is 11.6 Å². The molecule has 2 heterocycles. The van der Waals surface area contributed by atoms with Crippen LogP contribution in [-0.2, 0) is 4.74 Å². The van der Waals surface area contributed by atoms with Gasteiger partial charge in [0, 0.05) is 26.3 Å². The maximum absolute atomic E-state index is 14.2. The van der Waals surface area contributed by atoms with Crippen molar-refractivity contribution in [1.29, 1.82) is 0 Å². The van der Waals surface area contributed by atoms with E-state index in [2.05, 4.69) is 11.8 Å². The number of ether oxygens (including phenoxy) is 2. The molecule has 1 aromatic carbocycles. The number of unbranched alkanes of at least 4 members (excludes halogenated alkanes) is 1. The first-order valence-electron chi connectivity index (χ1n) is 8.85. The lowest BCUT2D eigenvalue weighted by Crippen LogP contribution is -2.46. The van der Waals surface area contributed by atoms with Gasteiger partial charge in [-0.25, -0.2) is 8.78 Å². The van der Waals surface area contributed by atoms with E-state index in [1.165, 1.54) is 6.07 Å². The molecule has 2 aliphatic heterocycles. The molecule has 0 amide bonds. The number of hydrogen-bond donors (Lipinski definition) is 0. The Balaban J connectivity index is 1.65. The SMILES string of the molecule is CCCCOCCCN1CCC=C2c3c(F)ccc(F)c3OCC21. The average Bonchev–Trinajstić information content (AvgIpc) is 2.60. The quantitative estimate of drug-likeness (QED) is 0.702. The highest BCUT2D eigenvalue weighted by atomic mass is 19.1. The van der Waals surface area contributed by atoms with Gasteiger partial charge < -0.3 is 9.47 Å². The molecule has 0 saturated carbocycles. The first-order valence-corrected chi connectivity index (χ1v) is 8.85. The zero-order valence-corrected chi connectivity index (χ0v) is 14.2. The fraction of sp³-hybridized carbons (Fsp3) is 0.579. The van der Waals surface area contributed by atoms with Gasteiger partial charge >= 0.3 is 0 Å². The summed E-state index contributed by atoms with van der Waals surface area (Å²) in [5.41, 5.74) is 1.17. The molecule has 0 fully saturated rings. The molecular weight excluding hydrogens is 312 g/mol. The van der Waals surface area contributed by atoms with E-state index in [1.807, 2.05) is 6.08 Å². The summed E-state index contributed by atoms with van der Waals surface area (Å²) in [6, 6.07) is 2.31. The number of rotatable bonds is 7. The standard InChI is InChI=1S/C19H25F2NO2/c1-2-3-11-23-12-5-10-22-9-4-6-14-17(22)13-24-19-16(21)8-7-15(20)18(14)19/h6-8,17H,2-5,9-13H2,1H3. The van der Waals surface area contributed by atoms with Gasteiger partial charge in [-0.15, -0.1) is 0 Å². The molecule has 0 radical (unpaired) electrons. The Kier molecular flexibility index (Phi) is 5.85. The van der Waals surface area contributed by atoms with Crippen molar-refractivity contribution >= 4 is 5.57 Å². The van der Waals surface area contributed by atoms with Crippen molar-refractivity contribution in [3.05, 3.63) is 35.4 Å². The minimum absolute atomic E-state index is 0.00167. The highest BCUT2D eigenvalue weighted by molar-refractivity contribution is 5.76. The Hall–Kier alpha value is -1.46. The highest BCUT2D eigenvalue weighted by Crippen LogP contribution is 2.40. The number of fused-ring (bicyclic) bond motifs is 3. The fourth-order valence-electron chi connectivity index (χ4n) is 3.43. The minimum Gasteiger partial charge on any atom is -0.488 e. The minimum atomic E-state index is -0.493. The zero-order valence-electron chi connectivity index (χ0n) is 14.2. The number of nitrogens with zero attached hydrogens (tertiary/aromatic N) is 1. The van der Waals surface area contributed by atoms with Crippen LogP contribution in [0.1, 0.15) is 38.2 Å². The van der Waals surface area contributed by atoms with Crippen LogP contribution in [-0.4, -0.2) is 43.9 Å². The van der Waals surface area contributed by atoms with Crippen LogP contribution in [0.2, 0.25) is 0 Å². The van der Waals surface area contributed by atoms with E-state index in [0.717, 1.165) is 63.6 Å². The van der Waals surface area contributed by atoms with Gasteiger partial charge in [0.2, 0.25) is 0 Å². The molecule has 5 heteroatoms. The Morgan fingerprint density at radius 1 is 1.21 bits per heavy atom. The number of benzene rings is 1. The predicted octanol–water partition coefficient (Wildman–Crippen LogP) is 4.02. The Bertz CT molecular complexity index is 603. The van der Waals surface area contributed by atoms with Crippen molar-refractivity contribution in [2.75, 3.05) is 32.9 Å². The summed E-state index contributed by atoms with van der Waals surface area (Å²) in [6.07, 6.45) is 6.04. The number of hydrogen-bond acceptors (Lipinski definition) is 3. The molecule has 1 unspecified atom stereocenters. The lowest BCUT2D eigenvalue weighted by atomic mass is 9.90. The largest absolute Gasteiger partial charge is 0.488 e. The number of halogens is 2. The summed E-state index contributed by atoms with van der Waals surface area (Å²) >= 11 is 0. The van der Waals surface area contributed by atoms with Crippen molar-refractivity contribution < 1.29 is 18.3 Å². The molecule has 0 aliphatic carbocycles. The second-order valence-electron chi connectivity index (χ2n) is 6.36. The molecule has 1 atom stereocenters. The lowest BCUT2D eigenvalue weighted by Gasteiger charge is -2.39. The monoisotopic (exact) mass is 337 g/mol. The van der Waals surface area contributed by atoms with E-state index >= 15 is 0 Å². The van der Waals surface area contributed by atoms with E-state index in [9.17, 15) is 8.78 Å². The molecule has 3 nitrogen and oxygen atoms in total. The topological polar surface area (TPSA) is 21.7 Å². The van der Waals surface area contributed by atoms with Crippen LogP contribution in [0.15, 0.2) is 18.2 Å². The second-order valence-corrected chi connectivity index (χ2v) is 6.36. The predicted molar refractivity (Wildman–Crippen MR) is 90.2 cm³/mol. The smallest absolute Gasteiger partial charge is 0.165 e. The highest BCUT2D eigenvalue weighted by Gasteiger charge is 2.35. The fourth-order valence-corrected chi connectivity index (χ4v) is 3.43. The lowest BCUT2D eigenvalue weighted by molar-refractivity contribution is 0.103. The van der Waals surface area contributed by atoms with E-state index in [-0.39, 0.29) is 11.8 Å². The molecule has 2 aliphatic rings. The van der Waals surface area contributed by atoms with Crippen LogP contribution in [0.25, 0.3) is 5.57 Å². The molecule has 0 saturated heterocycles. The van der Waals surface area contributed by atoms with Crippen LogP contribution >= 0.6 is 0 Å². The third-order valence-electron chi connectivity index (χ3n) is 4.69. The van der Waals surface area contributed by atoms with Gasteiger partial charge in [0.15, 0.2) is 11.6 Å². The maximum atomic E-state index is 14.2. The molecule has 0 aromatic heterocycles. The normalized spacial score (nSPS) is 20.1. The average molecular weight is 337 g/mol. The molecular formula is C19H25F2NO2. The van der Waals surface area contributed by atoms with Crippen molar-refractivity contribution in [2.24, 2.45) is 0 Å². The van der Waals surface area contributed by atoms with E-state index in [0.29, 0.717) is 12.2 Å². The summed E-state index contributed by atoms with van der Waals surface area (Å²) < 4.78 is 39.3. The summed E-state index contributed by atoms with van der Waals surface area (Å²) in [7, 11) is 0. The maximum Gasteiger partial charge on any atom is 0.165 e. The summed E-state index contributed by atoms with van der Waals surface area (Å²) in [4.78, 5) is 2.30. The third kappa shape index (κ3) is 3.62. The summed E-state index contributed by atoms with van der Waals surface area (Å²) in [6.45, 7) is 5.86. The first kappa shape index (κ1) is 17.4. The summed E-state index contributed by atoms with van der Waals surface area (Å²) in [5, 5.41) is 0. The molecule has 0 bridgehead atoms. The van der Waals surface area contributed by atoms with Crippen LogP contribution < -0.4 is 4.74 Å². The van der Waals surface area contributed by atoms with Crippen molar-refractivity contribution in [3.63, 3.8) is 0 Å². The second kappa shape index (κ2) is 8.08. The van der Waals surface area contributed by atoms with Crippen LogP contribution in [0.5, 0.6) is 5.75 Å². The molecule has 0 N–H and O–H groups in total. The van der Waals surface area contributed by atoms with Gasteiger partial charge in [-0.05, 0) is 37.0 Å². The van der Waals surface area contributed by atoms with Gasteiger partial charge in [-0.1, -0.05) is 19.4 Å². The van der Waals surface area contributed by atoms with Crippen molar-refractivity contribution in [2.45, 2.75) is 38.6 Å².